The zero-order chi connectivity index (χ0) is 20.6. The highest BCUT2D eigenvalue weighted by Crippen LogP contribution is 2.26. The van der Waals surface area contributed by atoms with Crippen LogP contribution >= 0.6 is 11.8 Å². The molecule has 1 aromatic heterocycles. The standard InChI is InChI=1S/C22H27N5OS/c1-4-6-15-27(5-2)19-11-7-17(8-12-19)21(28)24-18-9-13-20(14-10-18)29-22-25-23-16-26(22)3/h7-14,16H,4-6,15H2,1-3H3,(H,24,28). The molecule has 0 radical (unpaired) electrons. The number of aromatic nitrogens is 3. The molecule has 6 nitrogen and oxygen atoms in total. The van der Waals surface area contributed by atoms with Crippen LogP contribution in [0, 0.1) is 0 Å². The quantitative estimate of drug-likeness (QED) is 0.548. The number of carbonyl (C=O) groups is 1. The van der Waals surface area contributed by atoms with Crippen LogP contribution < -0.4 is 10.2 Å². The summed E-state index contributed by atoms with van der Waals surface area (Å²) in [5, 5.41) is 11.7. The van der Waals surface area contributed by atoms with Crippen LogP contribution in [0.4, 0.5) is 11.4 Å². The Hall–Kier alpha value is -2.80. The van der Waals surface area contributed by atoms with Gasteiger partial charge in [0.15, 0.2) is 5.16 Å². The highest BCUT2D eigenvalue weighted by molar-refractivity contribution is 7.99. The topological polar surface area (TPSA) is 63.1 Å². The van der Waals surface area contributed by atoms with Gasteiger partial charge in [-0.15, -0.1) is 10.2 Å². The van der Waals surface area contributed by atoms with Gasteiger partial charge in [0.25, 0.3) is 5.91 Å². The molecule has 3 aromatic rings. The minimum absolute atomic E-state index is 0.109. The lowest BCUT2D eigenvalue weighted by Crippen LogP contribution is -2.23. The number of hydrogen-bond donors (Lipinski definition) is 1. The molecule has 2 aromatic carbocycles. The molecule has 0 spiro atoms. The lowest BCUT2D eigenvalue weighted by atomic mass is 10.1. The summed E-state index contributed by atoms with van der Waals surface area (Å²) < 4.78 is 1.87. The number of nitrogens with zero attached hydrogens (tertiary/aromatic N) is 4. The van der Waals surface area contributed by atoms with Crippen LogP contribution in [0.25, 0.3) is 0 Å². The zero-order valence-electron chi connectivity index (χ0n) is 17.1. The highest BCUT2D eigenvalue weighted by Gasteiger charge is 2.09. The summed E-state index contributed by atoms with van der Waals surface area (Å²) in [6.45, 7) is 6.35. The molecule has 152 valence electrons. The zero-order valence-corrected chi connectivity index (χ0v) is 17.9. The molecule has 3 rings (SSSR count). The van der Waals surface area contributed by atoms with E-state index in [0.717, 1.165) is 34.5 Å². The number of amides is 1. The normalized spacial score (nSPS) is 10.7. The van der Waals surface area contributed by atoms with E-state index in [2.05, 4.69) is 34.3 Å². The van der Waals surface area contributed by atoms with Gasteiger partial charge in [-0.25, -0.2) is 0 Å². The van der Waals surface area contributed by atoms with Crippen molar-refractivity contribution in [1.29, 1.82) is 0 Å². The SMILES string of the molecule is CCCCN(CC)c1ccc(C(=O)Nc2ccc(Sc3nncn3C)cc2)cc1. The van der Waals surface area contributed by atoms with Crippen molar-refractivity contribution in [2.75, 3.05) is 23.3 Å². The fourth-order valence-corrected chi connectivity index (χ4v) is 3.68. The van der Waals surface area contributed by atoms with Crippen LogP contribution in [0.2, 0.25) is 0 Å². The maximum absolute atomic E-state index is 12.6. The fraction of sp³-hybridized carbons (Fsp3) is 0.318. The lowest BCUT2D eigenvalue weighted by Gasteiger charge is -2.23. The number of hydrogen-bond acceptors (Lipinski definition) is 5. The predicted molar refractivity (Wildman–Crippen MR) is 119 cm³/mol. The summed E-state index contributed by atoms with van der Waals surface area (Å²) in [6, 6.07) is 15.5. The van der Waals surface area contributed by atoms with E-state index in [1.54, 1.807) is 6.33 Å². The first-order chi connectivity index (χ1) is 14.1. The number of carbonyl (C=O) groups excluding carboxylic acids is 1. The van der Waals surface area contributed by atoms with Crippen molar-refractivity contribution in [3.8, 4) is 0 Å². The minimum atomic E-state index is -0.109. The van der Waals surface area contributed by atoms with Gasteiger partial charge in [0, 0.05) is 42.0 Å². The van der Waals surface area contributed by atoms with Crippen LogP contribution in [-0.4, -0.2) is 33.8 Å². The van der Waals surface area contributed by atoms with Gasteiger partial charge < -0.3 is 14.8 Å². The van der Waals surface area contributed by atoms with Crippen molar-refractivity contribution in [1.82, 2.24) is 14.8 Å². The number of anilines is 2. The number of benzene rings is 2. The smallest absolute Gasteiger partial charge is 0.255 e. The molecular weight excluding hydrogens is 382 g/mol. The molecule has 0 bridgehead atoms. The molecule has 0 aliphatic heterocycles. The van der Waals surface area contributed by atoms with Gasteiger partial charge in [-0.2, -0.15) is 0 Å². The first-order valence-electron chi connectivity index (χ1n) is 9.89. The molecule has 29 heavy (non-hydrogen) atoms. The Kier molecular flexibility index (Phi) is 7.30. The Morgan fingerprint density at radius 1 is 1.10 bits per heavy atom. The average molecular weight is 410 g/mol. The van der Waals surface area contributed by atoms with Crippen molar-refractivity contribution in [3.05, 3.63) is 60.4 Å². The van der Waals surface area contributed by atoms with Gasteiger partial charge in [-0.1, -0.05) is 13.3 Å². The van der Waals surface area contributed by atoms with Crippen LogP contribution in [0.15, 0.2) is 64.9 Å². The first kappa shape index (κ1) is 20.9. The second-order valence-electron chi connectivity index (χ2n) is 6.79. The molecular formula is C22H27N5OS. The molecule has 1 heterocycles. The summed E-state index contributed by atoms with van der Waals surface area (Å²) in [6.07, 6.45) is 4.01. The predicted octanol–water partition coefficient (Wildman–Crippen LogP) is 4.85. The number of aryl methyl sites for hydroxylation is 1. The van der Waals surface area contributed by atoms with E-state index in [0.29, 0.717) is 5.56 Å². The second-order valence-corrected chi connectivity index (χ2v) is 7.83. The number of nitrogens with one attached hydrogen (secondary N) is 1. The molecule has 1 amide bonds. The third kappa shape index (κ3) is 5.60. The molecule has 0 aliphatic rings. The Morgan fingerprint density at radius 2 is 1.83 bits per heavy atom. The number of rotatable bonds is 9. The Morgan fingerprint density at radius 3 is 2.41 bits per heavy atom. The summed E-state index contributed by atoms with van der Waals surface area (Å²) in [4.78, 5) is 15.9. The summed E-state index contributed by atoms with van der Waals surface area (Å²) in [5.41, 5.74) is 2.57. The Bertz CT molecular complexity index is 921. The molecule has 0 unspecified atom stereocenters. The molecule has 0 fully saturated rings. The van der Waals surface area contributed by atoms with Crippen molar-refractivity contribution < 1.29 is 4.79 Å². The third-order valence-corrected chi connectivity index (χ3v) is 5.71. The van der Waals surface area contributed by atoms with Gasteiger partial charge in [-0.05, 0) is 73.6 Å². The average Bonchev–Trinajstić information content (AvgIpc) is 3.15. The van der Waals surface area contributed by atoms with E-state index in [1.165, 1.54) is 24.6 Å². The van der Waals surface area contributed by atoms with E-state index in [-0.39, 0.29) is 5.91 Å². The van der Waals surface area contributed by atoms with E-state index in [1.807, 2.05) is 60.1 Å². The second kappa shape index (κ2) is 10.1. The van der Waals surface area contributed by atoms with Crippen molar-refractivity contribution in [2.24, 2.45) is 7.05 Å². The largest absolute Gasteiger partial charge is 0.372 e. The molecule has 0 saturated heterocycles. The van der Waals surface area contributed by atoms with Gasteiger partial charge in [-0.3, -0.25) is 4.79 Å². The maximum Gasteiger partial charge on any atom is 0.255 e. The van der Waals surface area contributed by atoms with Crippen LogP contribution in [0.3, 0.4) is 0 Å². The highest BCUT2D eigenvalue weighted by atomic mass is 32.2. The van der Waals surface area contributed by atoms with Gasteiger partial charge in [0.05, 0.1) is 0 Å². The van der Waals surface area contributed by atoms with E-state index < -0.39 is 0 Å². The molecule has 7 heteroatoms. The van der Waals surface area contributed by atoms with Gasteiger partial charge >= 0.3 is 0 Å². The van der Waals surface area contributed by atoms with Crippen LogP contribution in [-0.2, 0) is 7.05 Å². The first-order valence-corrected chi connectivity index (χ1v) is 10.7. The molecule has 1 N–H and O–H groups in total. The summed E-state index contributed by atoms with van der Waals surface area (Å²) in [7, 11) is 1.91. The van der Waals surface area contributed by atoms with Crippen LogP contribution in [0.1, 0.15) is 37.0 Å². The van der Waals surface area contributed by atoms with Gasteiger partial charge in [0.2, 0.25) is 0 Å². The Balaban J connectivity index is 1.60. The summed E-state index contributed by atoms with van der Waals surface area (Å²) >= 11 is 1.53. The van der Waals surface area contributed by atoms with Crippen LogP contribution in [0.5, 0.6) is 0 Å². The minimum Gasteiger partial charge on any atom is -0.372 e. The summed E-state index contributed by atoms with van der Waals surface area (Å²) in [5.74, 6) is -0.109. The van der Waals surface area contributed by atoms with E-state index in [4.69, 9.17) is 0 Å². The molecule has 0 aliphatic carbocycles. The fourth-order valence-electron chi connectivity index (χ4n) is 2.92. The third-order valence-electron chi connectivity index (χ3n) is 4.65. The maximum atomic E-state index is 12.6. The Labute approximate surface area is 176 Å². The van der Waals surface area contributed by atoms with Crippen molar-refractivity contribution >= 4 is 29.0 Å². The number of unbranched alkanes of at least 4 members (excludes halogenated alkanes) is 1. The van der Waals surface area contributed by atoms with Gasteiger partial charge in [0.1, 0.15) is 6.33 Å². The van der Waals surface area contributed by atoms with E-state index >= 15 is 0 Å². The monoisotopic (exact) mass is 409 g/mol. The van der Waals surface area contributed by atoms with E-state index in [9.17, 15) is 4.79 Å². The van der Waals surface area contributed by atoms with Crippen molar-refractivity contribution in [2.45, 2.75) is 36.7 Å². The molecule has 0 atom stereocenters. The molecule has 0 saturated carbocycles. The van der Waals surface area contributed by atoms with Crippen molar-refractivity contribution in [3.63, 3.8) is 0 Å². The lowest BCUT2D eigenvalue weighted by molar-refractivity contribution is 0.102.